The molecule has 0 saturated heterocycles. The fourth-order valence-electron chi connectivity index (χ4n) is 2.83. The van der Waals surface area contributed by atoms with Crippen molar-refractivity contribution in [3.8, 4) is 11.5 Å². The number of nitrogens with zero attached hydrogens (tertiary/aromatic N) is 2. The lowest BCUT2D eigenvalue weighted by molar-refractivity contribution is -0.137. The minimum atomic E-state index is -4.53. The number of nitrogens with one attached hydrogen (secondary N) is 1. The maximum absolute atomic E-state index is 13.1. The molecule has 0 unspecified atom stereocenters. The van der Waals surface area contributed by atoms with E-state index in [2.05, 4.69) is 10.3 Å². The van der Waals surface area contributed by atoms with E-state index in [1.165, 1.54) is 20.3 Å². The number of carbonyl (C=O) groups excluding carboxylic acids is 1. The van der Waals surface area contributed by atoms with Crippen LogP contribution in [0.2, 0.25) is 0 Å². The maximum atomic E-state index is 13.1. The molecular formula is C19H18F3N3O3. The van der Waals surface area contributed by atoms with Crippen molar-refractivity contribution < 1.29 is 27.4 Å². The Morgan fingerprint density at radius 2 is 1.93 bits per heavy atom. The fourth-order valence-corrected chi connectivity index (χ4v) is 2.83. The number of methoxy groups -OCH3 is 2. The summed E-state index contributed by atoms with van der Waals surface area (Å²) in [5.74, 6) is 0.302. The van der Waals surface area contributed by atoms with E-state index in [1.54, 1.807) is 25.1 Å². The van der Waals surface area contributed by atoms with Gasteiger partial charge in [0, 0.05) is 12.3 Å². The number of fused-ring (bicyclic) bond motifs is 1. The maximum Gasteiger partial charge on any atom is 0.417 e. The second kappa shape index (κ2) is 7.41. The predicted molar refractivity (Wildman–Crippen MR) is 97.1 cm³/mol. The first-order valence-corrected chi connectivity index (χ1v) is 8.40. The highest BCUT2D eigenvalue weighted by atomic mass is 19.4. The standard InChI is InChI=1S/C19H18F3N3O3/c1-4-13-17(25-10-11(19(20,21)22)5-8-16(25)23-13)18(26)24-14-7-6-12(27-2)9-15(14)28-3/h5-10H,4H2,1-3H3,(H,24,26). The quantitative estimate of drug-likeness (QED) is 0.706. The van der Waals surface area contributed by atoms with Crippen LogP contribution < -0.4 is 14.8 Å². The Labute approximate surface area is 158 Å². The molecule has 2 aromatic heterocycles. The van der Waals surface area contributed by atoms with Crippen LogP contribution in [0, 0.1) is 0 Å². The summed E-state index contributed by atoms with van der Waals surface area (Å²) in [6.45, 7) is 1.77. The van der Waals surface area contributed by atoms with Crippen LogP contribution in [0.25, 0.3) is 5.65 Å². The first-order chi connectivity index (χ1) is 13.3. The normalized spacial score (nSPS) is 11.5. The van der Waals surface area contributed by atoms with Crippen molar-refractivity contribution in [2.24, 2.45) is 0 Å². The van der Waals surface area contributed by atoms with Crippen molar-refractivity contribution in [1.82, 2.24) is 9.38 Å². The number of pyridine rings is 1. The summed E-state index contributed by atoms with van der Waals surface area (Å²) in [5, 5.41) is 2.68. The largest absolute Gasteiger partial charge is 0.497 e. The smallest absolute Gasteiger partial charge is 0.417 e. The van der Waals surface area contributed by atoms with Gasteiger partial charge in [0.2, 0.25) is 0 Å². The fraction of sp³-hybridized carbons (Fsp3) is 0.263. The Morgan fingerprint density at radius 1 is 1.18 bits per heavy atom. The van der Waals surface area contributed by atoms with E-state index in [0.717, 1.165) is 16.7 Å². The minimum absolute atomic E-state index is 0.0430. The molecule has 1 N–H and O–H groups in total. The molecule has 0 spiro atoms. The van der Waals surface area contributed by atoms with Gasteiger partial charge in [-0.05, 0) is 30.7 Å². The number of carbonyl (C=O) groups is 1. The molecular weight excluding hydrogens is 375 g/mol. The summed E-state index contributed by atoms with van der Waals surface area (Å²) in [5.41, 5.74) is 0.191. The summed E-state index contributed by atoms with van der Waals surface area (Å²) in [4.78, 5) is 17.2. The van der Waals surface area contributed by atoms with Gasteiger partial charge in [0.25, 0.3) is 5.91 Å². The van der Waals surface area contributed by atoms with Crippen molar-refractivity contribution in [2.45, 2.75) is 19.5 Å². The van der Waals surface area contributed by atoms with Gasteiger partial charge in [-0.1, -0.05) is 6.92 Å². The predicted octanol–water partition coefficient (Wildman–Crippen LogP) is 4.19. The lowest BCUT2D eigenvalue weighted by Crippen LogP contribution is -2.17. The topological polar surface area (TPSA) is 64.9 Å². The van der Waals surface area contributed by atoms with E-state index in [-0.39, 0.29) is 11.3 Å². The molecule has 1 amide bonds. The zero-order valence-corrected chi connectivity index (χ0v) is 15.4. The number of hydrogen-bond donors (Lipinski definition) is 1. The number of ether oxygens (including phenoxy) is 2. The molecule has 0 aliphatic heterocycles. The number of amides is 1. The summed E-state index contributed by atoms with van der Waals surface area (Å²) in [7, 11) is 2.93. The van der Waals surface area contributed by atoms with Crippen LogP contribution in [-0.4, -0.2) is 29.5 Å². The van der Waals surface area contributed by atoms with Crippen LogP contribution in [0.15, 0.2) is 36.5 Å². The summed E-state index contributed by atoms with van der Waals surface area (Å²) < 4.78 is 50.8. The van der Waals surface area contributed by atoms with Crippen molar-refractivity contribution in [2.75, 3.05) is 19.5 Å². The molecule has 0 atom stereocenters. The third kappa shape index (κ3) is 3.60. The average Bonchev–Trinajstić information content (AvgIpc) is 3.05. The van der Waals surface area contributed by atoms with E-state index >= 15 is 0 Å². The van der Waals surface area contributed by atoms with Crippen LogP contribution in [0.5, 0.6) is 11.5 Å². The second-order valence-corrected chi connectivity index (χ2v) is 5.92. The molecule has 9 heteroatoms. The summed E-state index contributed by atoms with van der Waals surface area (Å²) in [6, 6.07) is 7.00. The Kier molecular flexibility index (Phi) is 5.17. The van der Waals surface area contributed by atoms with Crippen LogP contribution in [-0.2, 0) is 12.6 Å². The van der Waals surface area contributed by atoms with Gasteiger partial charge in [-0.15, -0.1) is 0 Å². The molecule has 0 aliphatic carbocycles. The number of aryl methyl sites for hydroxylation is 1. The highest BCUT2D eigenvalue weighted by molar-refractivity contribution is 6.05. The van der Waals surface area contributed by atoms with Crippen LogP contribution in [0.3, 0.4) is 0 Å². The highest BCUT2D eigenvalue weighted by Gasteiger charge is 2.32. The average molecular weight is 393 g/mol. The van der Waals surface area contributed by atoms with Crippen LogP contribution in [0.4, 0.5) is 18.9 Å². The van der Waals surface area contributed by atoms with E-state index in [9.17, 15) is 18.0 Å². The van der Waals surface area contributed by atoms with Gasteiger partial charge < -0.3 is 14.8 Å². The Hall–Kier alpha value is -3.23. The van der Waals surface area contributed by atoms with Crippen LogP contribution in [0.1, 0.15) is 28.7 Å². The van der Waals surface area contributed by atoms with Gasteiger partial charge in [-0.25, -0.2) is 4.98 Å². The molecule has 1 aromatic carbocycles. The van der Waals surface area contributed by atoms with Gasteiger partial charge in [0.1, 0.15) is 22.8 Å². The van der Waals surface area contributed by atoms with Crippen LogP contribution >= 0.6 is 0 Å². The number of alkyl halides is 3. The number of aromatic nitrogens is 2. The Morgan fingerprint density at radius 3 is 2.54 bits per heavy atom. The molecule has 2 heterocycles. The molecule has 0 fully saturated rings. The third-order valence-corrected chi connectivity index (χ3v) is 4.22. The molecule has 0 bridgehead atoms. The lowest BCUT2D eigenvalue weighted by Gasteiger charge is -2.12. The number of hydrogen-bond acceptors (Lipinski definition) is 4. The second-order valence-electron chi connectivity index (χ2n) is 5.92. The van der Waals surface area contributed by atoms with E-state index < -0.39 is 17.6 Å². The Balaban J connectivity index is 2.06. The molecule has 3 aromatic rings. The SMILES string of the molecule is CCc1nc2ccc(C(F)(F)F)cn2c1C(=O)Nc1ccc(OC)cc1OC. The van der Waals surface area contributed by atoms with Crippen molar-refractivity contribution in [3.05, 3.63) is 53.5 Å². The third-order valence-electron chi connectivity index (χ3n) is 4.22. The lowest BCUT2D eigenvalue weighted by atomic mass is 10.2. The molecule has 28 heavy (non-hydrogen) atoms. The van der Waals surface area contributed by atoms with Crippen molar-refractivity contribution in [1.29, 1.82) is 0 Å². The monoisotopic (exact) mass is 393 g/mol. The zero-order valence-electron chi connectivity index (χ0n) is 15.4. The first-order valence-electron chi connectivity index (χ1n) is 8.40. The summed E-state index contributed by atoms with van der Waals surface area (Å²) in [6.07, 6.45) is -3.27. The van der Waals surface area contributed by atoms with Gasteiger partial charge in [0.15, 0.2) is 0 Å². The number of anilines is 1. The molecule has 148 valence electrons. The summed E-state index contributed by atoms with van der Waals surface area (Å²) >= 11 is 0. The molecule has 0 radical (unpaired) electrons. The minimum Gasteiger partial charge on any atom is -0.497 e. The number of rotatable bonds is 5. The van der Waals surface area contributed by atoms with E-state index in [1.807, 2.05) is 0 Å². The van der Waals surface area contributed by atoms with Crippen molar-refractivity contribution >= 4 is 17.2 Å². The van der Waals surface area contributed by atoms with Gasteiger partial charge in [0.05, 0.1) is 31.2 Å². The zero-order chi connectivity index (χ0) is 20.5. The number of imidazole rings is 1. The highest BCUT2D eigenvalue weighted by Crippen LogP contribution is 2.31. The first kappa shape index (κ1) is 19.5. The molecule has 0 aliphatic rings. The van der Waals surface area contributed by atoms with Gasteiger partial charge in [-0.3, -0.25) is 9.20 Å². The van der Waals surface area contributed by atoms with Gasteiger partial charge in [-0.2, -0.15) is 13.2 Å². The molecule has 3 rings (SSSR count). The Bertz CT molecular complexity index is 1030. The number of benzene rings is 1. The molecule has 6 nitrogen and oxygen atoms in total. The number of halogens is 3. The van der Waals surface area contributed by atoms with Crippen molar-refractivity contribution in [3.63, 3.8) is 0 Å². The van der Waals surface area contributed by atoms with E-state index in [0.29, 0.717) is 29.3 Å². The van der Waals surface area contributed by atoms with E-state index in [4.69, 9.17) is 9.47 Å². The van der Waals surface area contributed by atoms with Gasteiger partial charge >= 0.3 is 6.18 Å². The molecule has 0 saturated carbocycles.